The number of nitrogens with zero attached hydrogens (tertiary/aromatic N) is 2. The molecule has 0 aliphatic carbocycles. The Kier molecular flexibility index (Phi) is 6.53. The van der Waals surface area contributed by atoms with Crippen molar-refractivity contribution in [2.45, 2.75) is 29.4 Å². The average molecular weight is 463 g/mol. The molecule has 138 valence electrons. The lowest BCUT2D eigenvalue weighted by atomic mass is 10.0. The molecular weight excluding hydrogens is 437 g/mol. The summed E-state index contributed by atoms with van der Waals surface area (Å²) < 4.78 is 0.555. The summed E-state index contributed by atoms with van der Waals surface area (Å²) in [6, 6.07) is 18.0. The van der Waals surface area contributed by atoms with Crippen molar-refractivity contribution >= 4 is 34.2 Å². The molecule has 1 aliphatic heterocycles. The van der Waals surface area contributed by atoms with Crippen molar-refractivity contribution in [3.05, 3.63) is 65.7 Å². The van der Waals surface area contributed by atoms with Gasteiger partial charge in [-0.1, -0.05) is 65.1 Å². The smallest absolute Gasteiger partial charge is 0.227 e. The van der Waals surface area contributed by atoms with Gasteiger partial charge in [0, 0.05) is 19.3 Å². The van der Waals surface area contributed by atoms with E-state index in [0.717, 1.165) is 24.3 Å². The van der Waals surface area contributed by atoms with E-state index >= 15 is 0 Å². The van der Waals surface area contributed by atoms with Crippen LogP contribution in [-0.4, -0.2) is 39.9 Å². The summed E-state index contributed by atoms with van der Waals surface area (Å²) >= 11 is 2.52. The van der Waals surface area contributed by atoms with Gasteiger partial charge in [-0.3, -0.25) is 9.69 Å². The molecule has 5 heteroatoms. The number of likely N-dealkylation sites (tertiary alicyclic amines) is 1. The fourth-order valence-corrected chi connectivity index (χ4v) is 4.39. The third-order valence-electron chi connectivity index (χ3n) is 5.07. The summed E-state index contributed by atoms with van der Waals surface area (Å²) in [5.41, 5.74) is 8.65. The van der Waals surface area contributed by atoms with Crippen LogP contribution in [0.4, 0.5) is 5.69 Å². The third-order valence-corrected chi connectivity index (χ3v) is 6.48. The number of benzene rings is 2. The van der Waals surface area contributed by atoms with Crippen molar-refractivity contribution in [3.8, 4) is 0 Å². The van der Waals surface area contributed by atoms with Crippen molar-refractivity contribution in [2.75, 3.05) is 25.9 Å². The van der Waals surface area contributed by atoms with Crippen LogP contribution >= 0.6 is 22.6 Å². The summed E-state index contributed by atoms with van der Waals surface area (Å²) in [4.78, 5) is 17.3. The second kappa shape index (κ2) is 8.86. The lowest BCUT2D eigenvalue weighted by Crippen LogP contribution is -2.40. The molecule has 26 heavy (non-hydrogen) atoms. The van der Waals surface area contributed by atoms with Crippen LogP contribution in [0.5, 0.6) is 0 Å². The van der Waals surface area contributed by atoms with Gasteiger partial charge in [0.05, 0.1) is 16.5 Å². The van der Waals surface area contributed by atoms with E-state index < -0.39 is 0 Å². The Morgan fingerprint density at radius 3 is 2.54 bits per heavy atom. The zero-order valence-corrected chi connectivity index (χ0v) is 17.3. The van der Waals surface area contributed by atoms with Crippen LogP contribution in [0.1, 0.15) is 30.0 Å². The van der Waals surface area contributed by atoms with E-state index in [9.17, 15) is 4.79 Å². The predicted molar refractivity (Wildman–Crippen MR) is 115 cm³/mol. The summed E-state index contributed by atoms with van der Waals surface area (Å²) in [5, 5.41) is 0. The number of hydrogen-bond acceptors (Lipinski definition) is 3. The lowest BCUT2D eigenvalue weighted by Gasteiger charge is -2.33. The molecule has 4 nitrogen and oxygen atoms in total. The minimum atomic E-state index is 0.0628. The van der Waals surface area contributed by atoms with Crippen LogP contribution in [0, 0.1) is 0 Å². The van der Waals surface area contributed by atoms with E-state index in [2.05, 4.69) is 39.6 Å². The molecule has 3 rings (SSSR count). The Morgan fingerprint density at radius 1 is 1.23 bits per heavy atom. The zero-order chi connectivity index (χ0) is 18.5. The van der Waals surface area contributed by atoms with Crippen molar-refractivity contribution in [1.29, 1.82) is 0 Å². The molecule has 2 aromatic carbocycles. The van der Waals surface area contributed by atoms with Crippen molar-refractivity contribution < 1.29 is 4.79 Å². The van der Waals surface area contributed by atoms with E-state index in [1.807, 2.05) is 54.4 Å². The number of rotatable bonds is 6. The molecule has 1 unspecified atom stereocenters. The molecule has 1 fully saturated rings. The Morgan fingerprint density at radius 2 is 1.92 bits per heavy atom. The molecule has 0 bridgehead atoms. The first-order valence-corrected chi connectivity index (χ1v) is 10.3. The van der Waals surface area contributed by atoms with Crippen molar-refractivity contribution in [3.63, 3.8) is 0 Å². The first-order valence-electron chi connectivity index (χ1n) is 9.08. The Balaban J connectivity index is 1.76. The third kappa shape index (κ3) is 4.76. The minimum absolute atomic E-state index is 0.0628. The van der Waals surface area contributed by atoms with Gasteiger partial charge in [-0.2, -0.15) is 0 Å². The second-order valence-electron chi connectivity index (χ2n) is 6.92. The molecule has 0 aromatic heterocycles. The van der Waals surface area contributed by atoms with E-state index in [4.69, 9.17) is 5.73 Å². The van der Waals surface area contributed by atoms with Gasteiger partial charge < -0.3 is 10.6 Å². The quantitative estimate of drug-likeness (QED) is 0.306. The number of anilines is 1. The molecule has 0 radical (unpaired) electrons. The molecule has 1 aliphatic rings. The maximum atomic E-state index is 12.9. The highest BCUT2D eigenvalue weighted by Crippen LogP contribution is 2.28. The molecule has 0 saturated carbocycles. The highest BCUT2D eigenvalue weighted by Gasteiger charge is 2.29. The van der Waals surface area contributed by atoms with Crippen LogP contribution in [0.3, 0.4) is 0 Å². The summed E-state index contributed by atoms with van der Waals surface area (Å²) in [6.45, 7) is 1.98. The van der Waals surface area contributed by atoms with Gasteiger partial charge in [-0.15, -0.1) is 0 Å². The molecule has 2 N–H and O–H groups in total. The van der Waals surface area contributed by atoms with Crippen molar-refractivity contribution in [1.82, 2.24) is 9.80 Å². The minimum Gasteiger partial charge on any atom is -0.399 e. The van der Waals surface area contributed by atoms with Gasteiger partial charge in [0.2, 0.25) is 5.91 Å². The fourth-order valence-electron chi connectivity index (χ4n) is 3.45. The topological polar surface area (TPSA) is 49.6 Å². The standard InChI is InChI=1S/C21H26IN3O/c1-24(21(26)14-16-9-11-18(23)12-10-16)19(17-6-3-2-4-7-17)15-25-13-5-8-20(25)22/h2-4,6-7,9-12,19-20H,5,8,13-15,23H2,1H3/t19-,20?/m1/s1. The molecular formula is C21H26IN3O. The Hall–Kier alpha value is -1.60. The number of likely N-dealkylation sites (N-methyl/N-ethyl adjacent to an activating group) is 1. The van der Waals surface area contributed by atoms with E-state index in [1.54, 1.807) is 0 Å². The van der Waals surface area contributed by atoms with Crippen LogP contribution in [0.2, 0.25) is 0 Å². The Bertz CT molecular complexity index is 720. The second-order valence-corrected chi connectivity index (χ2v) is 8.36. The molecule has 0 spiro atoms. The van der Waals surface area contributed by atoms with Crippen molar-refractivity contribution in [2.24, 2.45) is 0 Å². The monoisotopic (exact) mass is 463 g/mol. The normalized spacial score (nSPS) is 18.6. The number of nitrogen functional groups attached to an aromatic ring is 1. The molecule has 2 atom stereocenters. The largest absolute Gasteiger partial charge is 0.399 e. The number of alkyl halides is 1. The van der Waals surface area contributed by atoms with E-state index in [-0.39, 0.29) is 11.9 Å². The SMILES string of the molecule is CN(C(=O)Cc1ccc(N)cc1)[C@H](CN1CCCC1I)c1ccccc1. The number of carbonyl (C=O) groups excluding carboxylic acids is 1. The zero-order valence-electron chi connectivity index (χ0n) is 15.1. The number of nitrogens with two attached hydrogens (primary N) is 1. The van der Waals surface area contributed by atoms with Gasteiger partial charge in [-0.05, 0) is 42.6 Å². The first kappa shape index (κ1) is 19.2. The number of amides is 1. The average Bonchev–Trinajstić information content (AvgIpc) is 3.06. The highest BCUT2D eigenvalue weighted by molar-refractivity contribution is 14.1. The van der Waals surface area contributed by atoms with Crippen LogP contribution in [-0.2, 0) is 11.2 Å². The number of hydrogen-bond donors (Lipinski definition) is 1. The first-order chi connectivity index (χ1) is 12.5. The number of carbonyl (C=O) groups is 1. The summed E-state index contributed by atoms with van der Waals surface area (Å²) in [6.07, 6.45) is 2.86. The maximum absolute atomic E-state index is 12.9. The van der Waals surface area contributed by atoms with Crippen LogP contribution in [0.25, 0.3) is 0 Å². The molecule has 1 heterocycles. The number of halogens is 1. The molecule has 1 amide bonds. The van der Waals surface area contributed by atoms with Crippen LogP contribution in [0.15, 0.2) is 54.6 Å². The molecule has 2 aromatic rings. The fraction of sp³-hybridized carbons (Fsp3) is 0.381. The van der Waals surface area contributed by atoms with Gasteiger partial charge in [0.15, 0.2) is 0 Å². The Labute approximate surface area is 169 Å². The summed E-state index contributed by atoms with van der Waals surface area (Å²) in [7, 11) is 1.93. The van der Waals surface area contributed by atoms with E-state index in [0.29, 0.717) is 10.5 Å². The summed E-state index contributed by atoms with van der Waals surface area (Å²) in [5.74, 6) is 0.132. The lowest BCUT2D eigenvalue weighted by molar-refractivity contribution is -0.131. The van der Waals surface area contributed by atoms with Gasteiger partial charge in [0.1, 0.15) is 0 Å². The molecule has 1 saturated heterocycles. The van der Waals surface area contributed by atoms with Crippen LogP contribution < -0.4 is 5.73 Å². The van der Waals surface area contributed by atoms with Gasteiger partial charge in [0.25, 0.3) is 0 Å². The van der Waals surface area contributed by atoms with Gasteiger partial charge >= 0.3 is 0 Å². The van der Waals surface area contributed by atoms with E-state index in [1.165, 1.54) is 18.4 Å². The highest BCUT2D eigenvalue weighted by atomic mass is 127. The maximum Gasteiger partial charge on any atom is 0.227 e. The predicted octanol–water partition coefficient (Wildman–Crippen LogP) is 3.87. The van der Waals surface area contributed by atoms with Gasteiger partial charge in [-0.25, -0.2) is 0 Å².